The quantitative estimate of drug-likeness (QED) is 0.769. The number of hydrogen-bond acceptors (Lipinski definition) is 2. The molecule has 0 bridgehead atoms. The molecular weight excluding hydrogens is 238 g/mol. The molecule has 1 aromatic carbocycles. The van der Waals surface area contributed by atoms with Crippen LogP contribution in [0.1, 0.15) is 20.3 Å². The summed E-state index contributed by atoms with van der Waals surface area (Å²) in [5.74, 6) is 0.773. The first-order valence-electron chi connectivity index (χ1n) is 6.57. The maximum absolute atomic E-state index is 12.3. The van der Waals surface area contributed by atoms with Crippen molar-refractivity contribution < 1.29 is 4.74 Å². The predicted molar refractivity (Wildman–Crippen MR) is 78.8 cm³/mol. The van der Waals surface area contributed by atoms with Crippen molar-refractivity contribution in [3.8, 4) is 5.75 Å². The molecule has 1 atom stereocenters. The molecule has 0 aliphatic carbocycles. The Balaban J connectivity index is 2.55. The summed E-state index contributed by atoms with van der Waals surface area (Å²) in [6.45, 7) is 8.28. The molecule has 0 saturated heterocycles. The maximum atomic E-state index is 12.3. The van der Waals surface area contributed by atoms with Gasteiger partial charge in [0.1, 0.15) is 5.75 Å². The van der Waals surface area contributed by atoms with E-state index in [1.807, 2.05) is 31.2 Å². The third-order valence-electron chi connectivity index (χ3n) is 3.21. The van der Waals surface area contributed by atoms with Crippen LogP contribution in [0.15, 0.2) is 47.9 Å². The molecule has 1 aromatic heterocycles. The van der Waals surface area contributed by atoms with Crippen LogP contribution in [0.2, 0.25) is 0 Å². The minimum atomic E-state index is -0.00741. The van der Waals surface area contributed by atoms with Crippen LogP contribution in [0.3, 0.4) is 0 Å². The number of nitrogens with zero attached hydrogens (tertiary/aromatic N) is 1. The first-order valence-corrected chi connectivity index (χ1v) is 6.57. The molecular formula is C16H19NO2. The molecule has 2 aromatic rings. The molecule has 0 radical (unpaired) electrons. The Bertz CT molecular complexity index is 643. The van der Waals surface area contributed by atoms with E-state index in [0.29, 0.717) is 11.9 Å². The van der Waals surface area contributed by atoms with Gasteiger partial charge in [0.25, 0.3) is 5.56 Å². The highest BCUT2D eigenvalue weighted by atomic mass is 16.5. The van der Waals surface area contributed by atoms with E-state index in [2.05, 4.69) is 13.5 Å². The average Bonchev–Trinajstić information content (AvgIpc) is 2.42. The highest BCUT2D eigenvalue weighted by Crippen LogP contribution is 2.24. The zero-order chi connectivity index (χ0) is 13.8. The van der Waals surface area contributed by atoms with E-state index in [9.17, 15) is 4.79 Å². The fourth-order valence-corrected chi connectivity index (χ4v) is 1.98. The van der Waals surface area contributed by atoms with Crippen LogP contribution in [-0.4, -0.2) is 10.7 Å². The Kier molecular flexibility index (Phi) is 4.05. The molecule has 0 amide bonds. The summed E-state index contributed by atoms with van der Waals surface area (Å²) < 4.78 is 7.50. The number of ether oxygens (including phenoxy) is 1. The molecule has 0 N–H and O–H groups in total. The summed E-state index contributed by atoms with van der Waals surface area (Å²) >= 11 is 0. The van der Waals surface area contributed by atoms with E-state index in [0.717, 1.165) is 17.6 Å². The molecule has 100 valence electrons. The minimum Gasteiger partial charge on any atom is -0.490 e. The third-order valence-corrected chi connectivity index (χ3v) is 3.21. The van der Waals surface area contributed by atoms with Gasteiger partial charge in [0.2, 0.25) is 0 Å². The van der Waals surface area contributed by atoms with Gasteiger partial charge in [-0.2, -0.15) is 0 Å². The lowest BCUT2D eigenvalue weighted by atomic mass is 10.1. The van der Waals surface area contributed by atoms with Crippen LogP contribution in [0.25, 0.3) is 10.8 Å². The number of hydrogen-bond donors (Lipinski definition) is 0. The average molecular weight is 257 g/mol. The van der Waals surface area contributed by atoms with Crippen molar-refractivity contribution in [2.24, 2.45) is 0 Å². The molecule has 1 unspecified atom stereocenters. The topological polar surface area (TPSA) is 31.2 Å². The van der Waals surface area contributed by atoms with Crippen molar-refractivity contribution in [1.82, 2.24) is 4.57 Å². The van der Waals surface area contributed by atoms with E-state index in [4.69, 9.17) is 4.74 Å². The highest BCUT2D eigenvalue weighted by Gasteiger charge is 2.08. The van der Waals surface area contributed by atoms with E-state index in [1.54, 1.807) is 16.8 Å². The standard InChI is InChI=1S/C16H19NO2/c1-4-10-17-11-9-13-14(16(17)18)7-6-8-15(13)19-12(3)5-2/h4,6-9,11-12H,1,5,10H2,2-3H3. The highest BCUT2D eigenvalue weighted by molar-refractivity contribution is 5.87. The van der Waals surface area contributed by atoms with Gasteiger partial charge in [-0.15, -0.1) is 6.58 Å². The zero-order valence-corrected chi connectivity index (χ0v) is 11.4. The van der Waals surface area contributed by atoms with E-state index in [-0.39, 0.29) is 11.7 Å². The maximum Gasteiger partial charge on any atom is 0.258 e. The van der Waals surface area contributed by atoms with Gasteiger partial charge >= 0.3 is 0 Å². The Morgan fingerprint density at radius 2 is 2.16 bits per heavy atom. The van der Waals surface area contributed by atoms with Gasteiger partial charge in [-0.1, -0.05) is 19.1 Å². The van der Waals surface area contributed by atoms with Crippen molar-refractivity contribution >= 4 is 10.8 Å². The van der Waals surface area contributed by atoms with Crippen LogP contribution < -0.4 is 10.3 Å². The Hall–Kier alpha value is -2.03. The first kappa shape index (κ1) is 13.4. The molecule has 0 fully saturated rings. The largest absolute Gasteiger partial charge is 0.490 e. The van der Waals surface area contributed by atoms with Crippen molar-refractivity contribution in [2.75, 3.05) is 0 Å². The van der Waals surface area contributed by atoms with Gasteiger partial charge in [0.15, 0.2) is 0 Å². The number of allylic oxidation sites excluding steroid dienone is 1. The lowest BCUT2D eigenvalue weighted by Crippen LogP contribution is -2.19. The predicted octanol–water partition coefficient (Wildman–Crippen LogP) is 3.36. The second kappa shape index (κ2) is 5.74. The van der Waals surface area contributed by atoms with Crippen molar-refractivity contribution in [1.29, 1.82) is 0 Å². The van der Waals surface area contributed by atoms with E-state index in [1.165, 1.54) is 0 Å². The van der Waals surface area contributed by atoms with Gasteiger partial charge < -0.3 is 9.30 Å². The first-order chi connectivity index (χ1) is 9.17. The Labute approximate surface area is 113 Å². The number of rotatable bonds is 5. The second-order valence-corrected chi connectivity index (χ2v) is 4.62. The fraction of sp³-hybridized carbons (Fsp3) is 0.312. The Morgan fingerprint density at radius 1 is 1.37 bits per heavy atom. The summed E-state index contributed by atoms with van der Waals surface area (Å²) in [6.07, 6.45) is 4.58. The molecule has 3 heteroatoms. The smallest absolute Gasteiger partial charge is 0.258 e. The van der Waals surface area contributed by atoms with Gasteiger partial charge in [-0.05, 0) is 31.5 Å². The molecule has 0 aliphatic heterocycles. The number of pyridine rings is 1. The van der Waals surface area contributed by atoms with Gasteiger partial charge in [0, 0.05) is 18.1 Å². The molecule has 0 aliphatic rings. The molecule has 2 rings (SSSR count). The summed E-state index contributed by atoms with van der Waals surface area (Å²) in [5.41, 5.74) is -0.00741. The Morgan fingerprint density at radius 3 is 2.84 bits per heavy atom. The van der Waals surface area contributed by atoms with Gasteiger partial charge in [0.05, 0.1) is 11.5 Å². The normalized spacial score (nSPS) is 12.3. The second-order valence-electron chi connectivity index (χ2n) is 4.62. The van der Waals surface area contributed by atoms with Crippen LogP contribution in [0.4, 0.5) is 0 Å². The summed E-state index contributed by atoms with van der Waals surface area (Å²) in [6, 6.07) is 7.53. The minimum absolute atomic E-state index is 0.00741. The van der Waals surface area contributed by atoms with Crippen LogP contribution >= 0.6 is 0 Å². The van der Waals surface area contributed by atoms with Crippen LogP contribution in [-0.2, 0) is 6.54 Å². The number of aromatic nitrogens is 1. The van der Waals surface area contributed by atoms with E-state index < -0.39 is 0 Å². The summed E-state index contributed by atoms with van der Waals surface area (Å²) in [7, 11) is 0. The van der Waals surface area contributed by atoms with E-state index >= 15 is 0 Å². The van der Waals surface area contributed by atoms with Crippen molar-refractivity contribution in [3.63, 3.8) is 0 Å². The monoisotopic (exact) mass is 257 g/mol. The number of benzene rings is 1. The molecule has 3 nitrogen and oxygen atoms in total. The van der Waals surface area contributed by atoms with Crippen LogP contribution in [0.5, 0.6) is 5.75 Å². The SMILES string of the molecule is C=CCn1ccc2c(OC(C)CC)cccc2c1=O. The van der Waals surface area contributed by atoms with Crippen LogP contribution in [0, 0.1) is 0 Å². The molecule has 0 saturated carbocycles. The summed E-state index contributed by atoms with van der Waals surface area (Å²) in [4.78, 5) is 12.3. The van der Waals surface area contributed by atoms with Crippen molar-refractivity contribution in [2.45, 2.75) is 32.9 Å². The van der Waals surface area contributed by atoms with Crippen molar-refractivity contribution in [3.05, 3.63) is 53.5 Å². The summed E-state index contributed by atoms with van der Waals surface area (Å²) in [5, 5.41) is 1.55. The zero-order valence-electron chi connectivity index (χ0n) is 11.4. The molecule has 0 spiro atoms. The fourth-order valence-electron chi connectivity index (χ4n) is 1.98. The van der Waals surface area contributed by atoms with Gasteiger partial charge in [-0.25, -0.2) is 0 Å². The number of fused-ring (bicyclic) bond motifs is 1. The third kappa shape index (κ3) is 2.70. The lowest BCUT2D eigenvalue weighted by molar-refractivity contribution is 0.220. The molecule has 19 heavy (non-hydrogen) atoms. The lowest BCUT2D eigenvalue weighted by Gasteiger charge is -2.15. The van der Waals surface area contributed by atoms with Gasteiger partial charge in [-0.3, -0.25) is 4.79 Å². The molecule has 1 heterocycles.